The fourth-order valence-electron chi connectivity index (χ4n) is 4.27. The van der Waals surface area contributed by atoms with Crippen LogP contribution in [-0.2, 0) is 27.0 Å². The molecule has 0 spiro atoms. The van der Waals surface area contributed by atoms with Crippen molar-refractivity contribution < 1.29 is 27.5 Å². The van der Waals surface area contributed by atoms with Gasteiger partial charge >= 0.3 is 6.18 Å². The molecule has 2 aliphatic rings. The highest BCUT2D eigenvalue weighted by Crippen LogP contribution is 2.33. The first-order valence-corrected chi connectivity index (χ1v) is 10.9. The molecule has 2 aliphatic heterocycles. The Bertz CT molecular complexity index is 1000. The summed E-state index contributed by atoms with van der Waals surface area (Å²) in [6.07, 6.45) is -4.51. The van der Waals surface area contributed by atoms with E-state index >= 15 is 0 Å². The van der Waals surface area contributed by atoms with Gasteiger partial charge in [0.25, 0.3) is 0 Å². The van der Waals surface area contributed by atoms with E-state index in [1.807, 2.05) is 24.3 Å². The van der Waals surface area contributed by atoms with E-state index in [1.54, 1.807) is 11.9 Å². The van der Waals surface area contributed by atoms with Crippen molar-refractivity contribution in [3.63, 3.8) is 0 Å². The van der Waals surface area contributed by atoms with Crippen LogP contribution in [-0.4, -0.2) is 56.6 Å². The number of carbonyl (C=O) groups is 2. The highest BCUT2D eigenvalue weighted by Gasteiger charge is 2.38. The molecule has 2 fully saturated rings. The third-order valence-corrected chi connectivity index (χ3v) is 6.07. The van der Waals surface area contributed by atoms with Gasteiger partial charge in [0.1, 0.15) is 0 Å². The van der Waals surface area contributed by atoms with Crippen LogP contribution in [0.15, 0.2) is 48.5 Å². The summed E-state index contributed by atoms with van der Waals surface area (Å²) in [7, 11) is 1.68. The summed E-state index contributed by atoms with van der Waals surface area (Å²) < 4.78 is 44.5. The highest BCUT2D eigenvalue weighted by atomic mass is 19.4. The molecule has 0 saturated carbocycles. The zero-order valence-corrected chi connectivity index (χ0v) is 18.3. The highest BCUT2D eigenvalue weighted by molar-refractivity contribution is 6.00. The minimum atomic E-state index is -4.49. The van der Waals surface area contributed by atoms with E-state index in [0.717, 1.165) is 36.5 Å². The summed E-state index contributed by atoms with van der Waals surface area (Å²) in [5.74, 6) is -1.14. The predicted octanol–water partition coefficient (Wildman–Crippen LogP) is 3.55. The van der Waals surface area contributed by atoms with Crippen LogP contribution in [0.25, 0.3) is 0 Å². The molecule has 0 aliphatic carbocycles. The molecular weight excluding hydrogens is 435 g/mol. The van der Waals surface area contributed by atoms with Crippen LogP contribution in [0.1, 0.15) is 17.5 Å². The molecule has 176 valence electrons. The summed E-state index contributed by atoms with van der Waals surface area (Å²) in [5.41, 5.74) is 1.41. The number of hydrogen-bond donors (Lipinski definition) is 0. The zero-order valence-electron chi connectivity index (χ0n) is 18.3. The second-order valence-electron chi connectivity index (χ2n) is 8.41. The van der Waals surface area contributed by atoms with Crippen molar-refractivity contribution in [2.24, 2.45) is 5.92 Å². The first-order chi connectivity index (χ1) is 15.7. The molecule has 6 nitrogen and oxygen atoms in total. The molecule has 9 heteroatoms. The van der Waals surface area contributed by atoms with Crippen molar-refractivity contribution in [3.8, 4) is 0 Å². The number of halogens is 3. The molecule has 33 heavy (non-hydrogen) atoms. The number of nitrogens with zero attached hydrogens (tertiary/aromatic N) is 3. The van der Waals surface area contributed by atoms with Crippen LogP contribution in [0.5, 0.6) is 0 Å². The second-order valence-corrected chi connectivity index (χ2v) is 8.41. The van der Waals surface area contributed by atoms with Crippen LogP contribution < -0.4 is 9.80 Å². The van der Waals surface area contributed by atoms with Crippen LogP contribution in [0.3, 0.4) is 0 Å². The van der Waals surface area contributed by atoms with E-state index in [-0.39, 0.29) is 30.5 Å². The third kappa shape index (κ3) is 5.30. The van der Waals surface area contributed by atoms with E-state index < -0.39 is 17.7 Å². The lowest BCUT2D eigenvalue weighted by molar-refractivity contribution is -0.137. The molecule has 2 saturated heterocycles. The van der Waals surface area contributed by atoms with Crippen LogP contribution in [0.4, 0.5) is 24.5 Å². The van der Waals surface area contributed by atoms with Crippen molar-refractivity contribution >= 4 is 23.2 Å². The largest absolute Gasteiger partial charge is 0.416 e. The molecular formula is C24H26F3N3O3. The fraction of sp³-hybridized carbons (Fsp3) is 0.417. The monoisotopic (exact) mass is 461 g/mol. The third-order valence-electron chi connectivity index (χ3n) is 6.07. The summed E-state index contributed by atoms with van der Waals surface area (Å²) >= 11 is 0. The summed E-state index contributed by atoms with van der Waals surface area (Å²) in [4.78, 5) is 30.5. The molecule has 2 aromatic rings. The van der Waals surface area contributed by atoms with Gasteiger partial charge in [0.2, 0.25) is 11.8 Å². The lowest BCUT2D eigenvalue weighted by Crippen LogP contribution is -2.36. The number of morpholine rings is 1. The Morgan fingerprint density at radius 3 is 2.45 bits per heavy atom. The van der Waals surface area contributed by atoms with E-state index in [0.29, 0.717) is 19.8 Å². The Labute approximate surface area is 190 Å². The topological polar surface area (TPSA) is 53.1 Å². The number of amides is 2. The van der Waals surface area contributed by atoms with Gasteiger partial charge in [0, 0.05) is 51.0 Å². The predicted molar refractivity (Wildman–Crippen MR) is 118 cm³/mol. The first-order valence-electron chi connectivity index (χ1n) is 10.9. The Morgan fingerprint density at radius 2 is 1.79 bits per heavy atom. The van der Waals surface area contributed by atoms with Crippen LogP contribution >= 0.6 is 0 Å². The van der Waals surface area contributed by atoms with Gasteiger partial charge in [-0.15, -0.1) is 0 Å². The van der Waals surface area contributed by atoms with Crippen molar-refractivity contribution in [2.45, 2.75) is 19.1 Å². The molecule has 2 aromatic carbocycles. The molecule has 4 rings (SSSR count). The summed E-state index contributed by atoms with van der Waals surface area (Å²) in [6.45, 7) is 3.55. The Kier molecular flexibility index (Phi) is 6.60. The lowest BCUT2D eigenvalue weighted by atomic mass is 10.1. The van der Waals surface area contributed by atoms with Gasteiger partial charge in [0.05, 0.1) is 24.7 Å². The molecule has 2 heterocycles. The van der Waals surface area contributed by atoms with Gasteiger partial charge in [-0.25, -0.2) is 0 Å². The minimum absolute atomic E-state index is 0.0185. The standard InChI is InChI=1S/C24H26F3N3O3/c1-28(15-17-5-7-20(8-6-17)29-9-11-33-12-10-29)23(32)18-13-22(31)30(16-18)21-4-2-3-19(14-21)24(25,26)27/h2-8,14,18H,9-13,15-16H2,1H3. The van der Waals surface area contributed by atoms with Crippen molar-refractivity contribution in [1.29, 1.82) is 0 Å². The van der Waals surface area contributed by atoms with Crippen LogP contribution in [0, 0.1) is 5.92 Å². The number of anilines is 2. The molecule has 0 bridgehead atoms. The maximum atomic E-state index is 13.0. The van der Waals surface area contributed by atoms with Crippen molar-refractivity contribution in [2.75, 3.05) is 49.7 Å². The van der Waals surface area contributed by atoms with Crippen LogP contribution in [0.2, 0.25) is 0 Å². The zero-order chi connectivity index (χ0) is 23.6. The van der Waals surface area contributed by atoms with Crippen molar-refractivity contribution in [3.05, 3.63) is 59.7 Å². The lowest BCUT2D eigenvalue weighted by Gasteiger charge is -2.29. The number of alkyl halides is 3. The first kappa shape index (κ1) is 23.1. The smallest absolute Gasteiger partial charge is 0.378 e. The quantitative estimate of drug-likeness (QED) is 0.684. The summed E-state index contributed by atoms with van der Waals surface area (Å²) in [5, 5.41) is 0. The molecule has 0 N–H and O–H groups in total. The molecule has 2 amide bonds. The number of hydrogen-bond acceptors (Lipinski definition) is 4. The number of carbonyl (C=O) groups excluding carboxylic acids is 2. The van der Waals surface area contributed by atoms with Gasteiger partial charge in [0.15, 0.2) is 0 Å². The maximum absolute atomic E-state index is 13.0. The number of ether oxygens (including phenoxy) is 1. The average molecular weight is 461 g/mol. The average Bonchev–Trinajstić information content (AvgIpc) is 3.20. The van der Waals surface area contributed by atoms with Crippen molar-refractivity contribution in [1.82, 2.24) is 4.90 Å². The van der Waals surface area contributed by atoms with E-state index in [1.165, 1.54) is 17.0 Å². The second kappa shape index (κ2) is 9.43. The SMILES string of the molecule is CN(Cc1ccc(N2CCOCC2)cc1)C(=O)C1CC(=O)N(c2cccc(C(F)(F)F)c2)C1. The van der Waals surface area contributed by atoms with E-state index in [2.05, 4.69) is 4.90 Å². The van der Waals surface area contributed by atoms with Gasteiger partial charge in [-0.2, -0.15) is 13.2 Å². The molecule has 0 aromatic heterocycles. The van der Waals surface area contributed by atoms with Gasteiger partial charge < -0.3 is 19.4 Å². The van der Waals surface area contributed by atoms with Gasteiger partial charge in [-0.05, 0) is 35.9 Å². The number of benzene rings is 2. The van der Waals surface area contributed by atoms with E-state index in [9.17, 15) is 22.8 Å². The Balaban J connectivity index is 1.38. The molecule has 1 atom stereocenters. The normalized spacial score (nSPS) is 19.2. The van der Waals surface area contributed by atoms with Gasteiger partial charge in [-0.3, -0.25) is 9.59 Å². The van der Waals surface area contributed by atoms with E-state index in [4.69, 9.17) is 4.74 Å². The Morgan fingerprint density at radius 1 is 1.09 bits per heavy atom. The Hall–Kier alpha value is -3.07. The maximum Gasteiger partial charge on any atom is 0.416 e. The molecule has 0 radical (unpaired) electrons. The fourth-order valence-corrected chi connectivity index (χ4v) is 4.27. The van der Waals surface area contributed by atoms with Gasteiger partial charge in [-0.1, -0.05) is 18.2 Å². The minimum Gasteiger partial charge on any atom is -0.378 e. The number of rotatable bonds is 5. The summed E-state index contributed by atoms with van der Waals surface area (Å²) in [6, 6.07) is 12.6. The molecule has 1 unspecified atom stereocenters.